The second-order valence-electron chi connectivity index (χ2n) is 3.86. The standard InChI is InChI=1S/C12H15NO3/c1-8(2)11(12(15)16)13-7-9-5-3-4-6-10(9)14/h3-8,11,14H,1-2H3,(H,15,16)/t11-/m1/s1. The molecule has 0 spiro atoms. The number of benzene rings is 1. The normalized spacial score (nSPS) is 13.2. The number of carboxylic acid groups (broad SMARTS) is 1. The molecule has 4 nitrogen and oxygen atoms in total. The molecular weight excluding hydrogens is 206 g/mol. The van der Waals surface area contributed by atoms with Gasteiger partial charge in [-0.05, 0) is 18.1 Å². The highest BCUT2D eigenvalue weighted by molar-refractivity contribution is 5.86. The number of aliphatic imine (C=N–C) groups is 1. The van der Waals surface area contributed by atoms with Crippen LogP contribution in [0.5, 0.6) is 5.75 Å². The van der Waals surface area contributed by atoms with Gasteiger partial charge < -0.3 is 10.2 Å². The molecule has 0 amide bonds. The summed E-state index contributed by atoms with van der Waals surface area (Å²) in [4.78, 5) is 14.8. The van der Waals surface area contributed by atoms with Crippen molar-refractivity contribution in [2.75, 3.05) is 0 Å². The van der Waals surface area contributed by atoms with E-state index in [2.05, 4.69) is 4.99 Å². The first kappa shape index (κ1) is 12.2. The molecule has 1 atom stereocenters. The van der Waals surface area contributed by atoms with Crippen molar-refractivity contribution in [3.8, 4) is 5.75 Å². The number of hydrogen-bond acceptors (Lipinski definition) is 3. The predicted octanol–water partition coefficient (Wildman–Crippen LogP) is 1.92. The summed E-state index contributed by atoms with van der Waals surface area (Å²) in [7, 11) is 0. The van der Waals surface area contributed by atoms with Crippen LogP contribution in [-0.2, 0) is 4.79 Å². The molecule has 0 radical (unpaired) electrons. The van der Waals surface area contributed by atoms with E-state index in [1.54, 1.807) is 32.0 Å². The fraction of sp³-hybridized carbons (Fsp3) is 0.333. The van der Waals surface area contributed by atoms with Gasteiger partial charge in [0.05, 0.1) is 0 Å². The number of aromatic hydroxyl groups is 1. The highest BCUT2D eigenvalue weighted by Gasteiger charge is 2.19. The number of aliphatic carboxylic acids is 1. The monoisotopic (exact) mass is 221 g/mol. The van der Waals surface area contributed by atoms with Gasteiger partial charge in [0, 0.05) is 11.8 Å². The van der Waals surface area contributed by atoms with Gasteiger partial charge in [0.2, 0.25) is 0 Å². The Labute approximate surface area is 94.3 Å². The second kappa shape index (κ2) is 5.30. The van der Waals surface area contributed by atoms with Crippen molar-refractivity contribution in [1.29, 1.82) is 0 Å². The second-order valence-corrected chi connectivity index (χ2v) is 3.86. The third-order valence-corrected chi connectivity index (χ3v) is 2.20. The molecule has 1 aromatic rings. The van der Waals surface area contributed by atoms with Crippen LogP contribution in [0.1, 0.15) is 19.4 Å². The summed E-state index contributed by atoms with van der Waals surface area (Å²) in [5.74, 6) is -0.944. The molecule has 0 saturated carbocycles. The Morgan fingerprint density at radius 1 is 1.38 bits per heavy atom. The molecule has 0 unspecified atom stereocenters. The van der Waals surface area contributed by atoms with Gasteiger partial charge in [0.15, 0.2) is 0 Å². The lowest BCUT2D eigenvalue weighted by molar-refractivity contribution is -0.139. The van der Waals surface area contributed by atoms with Gasteiger partial charge in [-0.15, -0.1) is 0 Å². The Bertz CT molecular complexity index is 399. The van der Waals surface area contributed by atoms with Crippen LogP contribution in [0.2, 0.25) is 0 Å². The number of nitrogens with zero attached hydrogens (tertiary/aromatic N) is 1. The zero-order valence-electron chi connectivity index (χ0n) is 9.29. The lowest BCUT2D eigenvalue weighted by atomic mass is 10.1. The van der Waals surface area contributed by atoms with E-state index < -0.39 is 12.0 Å². The van der Waals surface area contributed by atoms with E-state index in [1.807, 2.05) is 0 Å². The van der Waals surface area contributed by atoms with Gasteiger partial charge in [-0.1, -0.05) is 26.0 Å². The van der Waals surface area contributed by atoms with Crippen molar-refractivity contribution < 1.29 is 15.0 Å². The third-order valence-electron chi connectivity index (χ3n) is 2.20. The van der Waals surface area contributed by atoms with Crippen LogP contribution in [0.3, 0.4) is 0 Å². The van der Waals surface area contributed by atoms with Gasteiger partial charge in [-0.3, -0.25) is 4.99 Å². The summed E-state index contributed by atoms with van der Waals surface area (Å²) < 4.78 is 0. The fourth-order valence-electron chi connectivity index (χ4n) is 1.28. The molecule has 0 aliphatic heterocycles. The van der Waals surface area contributed by atoms with Crippen molar-refractivity contribution in [2.24, 2.45) is 10.9 Å². The first-order chi connectivity index (χ1) is 7.52. The first-order valence-electron chi connectivity index (χ1n) is 5.06. The van der Waals surface area contributed by atoms with Crippen LogP contribution >= 0.6 is 0 Å². The van der Waals surface area contributed by atoms with E-state index in [9.17, 15) is 9.90 Å². The highest BCUT2D eigenvalue weighted by Crippen LogP contribution is 2.14. The Morgan fingerprint density at radius 2 is 2.00 bits per heavy atom. The van der Waals surface area contributed by atoms with Crippen LogP contribution in [0, 0.1) is 5.92 Å². The van der Waals surface area contributed by atoms with E-state index in [0.717, 1.165) is 0 Å². The predicted molar refractivity (Wildman–Crippen MR) is 62.0 cm³/mol. The van der Waals surface area contributed by atoms with E-state index in [1.165, 1.54) is 12.3 Å². The van der Waals surface area contributed by atoms with Gasteiger partial charge in [-0.2, -0.15) is 0 Å². The zero-order chi connectivity index (χ0) is 12.1. The lowest BCUT2D eigenvalue weighted by Gasteiger charge is -2.10. The maximum absolute atomic E-state index is 10.9. The smallest absolute Gasteiger partial charge is 0.328 e. The molecule has 16 heavy (non-hydrogen) atoms. The Morgan fingerprint density at radius 3 is 2.50 bits per heavy atom. The molecule has 0 aliphatic carbocycles. The summed E-state index contributed by atoms with van der Waals surface area (Å²) in [5.41, 5.74) is 0.523. The number of carboxylic acids is 1. The SMILES string of the molecule is CC(C)[C@@H](N=Cc1ccccc1O)C(=O)O. The molecule has 0 fully saturated rings. The van der Waals surface area contributed by atoms with E-state index >= 15 is 0 Å². The van der Waals surface area contributed by atoms with Gasteiger partial charge in [0.25, 0.3) is 0 Å². The van der Waals surface area contributed by atoms with Gasteiger partial charge >= 0.3 is 5.97 Å². The zero-order valence-corrected chi connectivity index (χ0v) is 9.29. The van der Waals surface area contributed by atoms with Crippen molar-refractivity contribution in [2.45, 2.75) is 19.9 Å². The maximum Gasteiger partial charge on any atom is 0.328 e. The Hall–Kier alpha value is -1.84. The van der Waals surface area contributed by atoms with Crippen LogP contribution in [0.4, 0.5) is 0 Å². The fourth-order valence-corrected chi connectivity index (χ4v) is 1.28. The van der Waals surface area contributed by atoms with Gasteiger partial charge in [-0.25, -0.2) is 4.79 Å². The molecule has 4 heteroatoms. The maximum atomic E-state index is 10.9. The Kier molecular flexibility index (Phi) is 4.05. The minimum atomic E-state index is -0.957. The number of rotatable bonds is 4. The van der Waals surface area contributed by atoms with Crippen molar-refractivity contribution in [3.05, 3.63) is 29.8 Å². The summed E-state index contributed by atoms with van der Waals surface area (Å²) >= 11 is 0. The van der Waals surface area contributed by atoms with Crippen LogP contribution in [-0.4, -0.2) is 28.4 Å². The molecule has 0 saturated heterocycles. The third kappa shape index (κ3) is 3.08. The summed E-state index contributed by atoms with van der Waals surface area (Å²) in [5, 5.41) is 18.4. The van der Waals surface area contributed by atoms with Crippen LogP contribution in [0.15, 0.2) is 29.3 Å². The average molecular weight is 221 g/mol. The number of carbonyl (C=O) groups is 1. The summed E-state index contributed by atoms with van der Waals surface area (Å²) in [6, 6.07) is 5.89. The molecule has 0 aliphatic rings. The minimum absolute atomic E-state index is 0.0837. The van der Waals surface area contributed by atoms with Crippen LogP contribution < -0.4 is 0 Å². The van der Waals surface area contributed by atoms with Crippen molar-refractivity contribution >= 4 is 12.2 Å². The summed E-state index contributed by atoms with van der Waals surface area (Å²) in [6.45, 7) is 3.59. The molecule has 86 valence electrons. The number of phenolic OH excluding ortho intramolecular Hbond substituents is 1. The molecule has 2 N–H and O–H groups in total. The molecule has 1 rings (SSSR count). The Balaban J connectivity index is 2.87. The molecule has 0 heterocycles. The van der Waals surface area contributed by atoms with E-state index in [-0.39, 0.29) is 11.7 Å². The van der Waals surface area contributed by atoms with E-state index in [4.69, 9.17) is 5.11 Å². The summed E-state index contributed by atoms with van der Waals surface area (Å²) in [6.07, 6.45) is 1.40. The minimum Gasteiger partial charge on any atom is -0.507 e. The highest BCUT2D eigenvalue weighted by atomic mass is 16.4. The molecule has 0 bridgehead atoms. The molecule has 1 aromatic carbocycles. The lowest BCUT2D eigenvalue weighted by Crippen LogP contribution is -2.24. The number of phenols is 1. The number of para-hydroxylation sites is 1. The molecule has 0 aromatic heterocycles. The first-order valence-corrected chi connectivity index (χ1v) is 5.06. The van der Waals surface area contributed by atoms with Crippen molar-refractivity contribution in [1.82, 2.24) is 0 Å². The van der Waals surface area contributed by atoms with Crippen molar-refractivity contribution in [3.63, 3.8) is 0 Å². The van der Waals surface area contributed by atoms with Crippen LogP contribution in [0.25, 0.3) is 0 Å². The topological polar surface area (TPSA) is 69.9 Å². The quantitative estimate of drug-likeness (QED) is 0.763. The molecular formula is C12H15NO3. The van der Waals surface area contributed by atoms with E-state index in [0.29, 0.717) is 5.56 Å². The largest absolute Gasteiger partial charge is 0.507 e. The average Bonchev–Trinajstić information content (AvgIpc) is 2.20. The number of hydrogen-bond donors (Lipinski definition) is 2. The van der Waals surface area contributed by atoms with Gasteiger partial charge in [0.1, 0.15) is 11.8 Å².